The van der Waals surface area contributed by atoms with Gasteiger partial charge in [0.25, 0.3) is 0 Å². The van der Waals surface area contributed by atoms with Crippen molar-refractivity contribution in [2.45, 2.75) is 51.7 Å². The van der Waals surface area contributed by atoms with Gasteiger partial charge in [0.2, 0.25) is 0 Å². The number of nitrogens with one attached hydrogen (secondary N) is 1. The molecule has 5 rings (SSSR count). The molecule has 1 saturated carbocycles. The number of amides is 1. The summed E-state index contributed by atoms with van der Waals surface area (Å²) in [6, 6.07) is 3.27. The maximum atomic E-state index is 15.0. The average Bonchev–Trinajstić information content (AvgIpc) is 3.56. The standard InChI is InChI=1S/C25H28ClFN6O4/c1-25(2,3)37-24(34)33-9-8-15(11-33)36-23-28-10-17-21(32-23)22(30-13-29-17)31-16-6-7-18(19(26)20(16)27)35-12-14-4-5-14/h6-7,10,13-15H,4-5,8-9,11-12H2,1-3H3,(H,29,30,31)/t15-/m0/s1. The van der Waals surface area contributed by atoms with Crippen LogP contribution in [-0.2, 0) is 4.74 Å². The second-order valence-corrected chi connectivity index (χ2v) is 10.6. The fraction of sp³-hybridized carbons (Fsp3) is 0.480. The molecule has 3 heterocycles. The second kappa shape index (κ2) is 10.1. The summed E-state index contributed by atoms with van der Waals surface area (Å²) in [7, 11) is 0. The molecule has 0 radical (unpaired) electrons. The summed E-state index contributed by atoms with van der Waals surface area (Å²) in [4.78, 5) is 31.0. The number of hydrogen-bond acceptors (Lipinski definition) is 9. The Morgan fingerprint density at radius 1 is 1.22 bits per heavy atom. The van der Waals surface area contributed by atoms with E-state index in [1.54, 1.807) is 17.0 Å². The molecule has 10 nitrogen and oxygen atoms in total. The van der Waals surface area contributed by atoms with Gasteiger partial charge in [-0.1, -0.05) is 11.6 Å². The summed E-state index contributed by atoms with van der Waals surface area (Å²) in [5.41, 5.74) is 0.337. The maximum Gasteiger partial charge on any atom is 0.410 e. The molecule has 0 unspecified atom stereocenters. The van der Waals surface area contributed by atoms with Crippen LogP contribution in [0.4, 0.5) is 20.7 Å². The largest absolute Gasteiger partial charge is 0.492 e. The first-order valence-corrected chi connectivity index (χ1v) is 12.5. The highest BCUT2D eigenvalue weighted by molar-refractivity contribution is 6.32. The molecule has 1 aliphatic heterocycles. The Morgan fingerprint density at radius 3 is 2.78 bits per heavy atom. The number of ether oxygens (including phenoxy) is 3. The third-order valence-corrected chi connectivity index (χ3v) is 6.25. The first-order chi connectivity index (χ1) is 17.7. The van der Waals surface area contributed by atoms with Gasteiger partial charge in [-0.15, -0.1) is 0 Å². The molecule has 1 amide bonds. The van der Waals surface area contributed by atoms with Gasteiger partial charge in [-0.05, 0) is 51.7 Å². The quantitative estimate of drug-likeness (QED) is 0.444. The van der Waals surface area contributed by atoms with Gasteiger partial charge in [-0.25, -0.2) is 24.1 Å². The van der Waals surface area contributed by atoms with Crippen molar-refractivity contribution in [3.8, 4) is 11.8 Å². The summed E-state index contributed by atoms with van der Waals surface area (Å²) in [6.07, 6.45) is 5.00. The molecule has 3 aromatic rings. The number of carbonyl (C=O) groups excluding carboxylic acids is 1. The number of rotatable bonds is 7. The minimum Gasteiger partial charge on any atom is -0.492 e. The van der Waals surface area contributed by atoms with Crippen LogP contribution >= 0.6 is 11.6 Å². The topological polar surface area (TPSA) is 112 Å². The molecule has 0 bridgehead atoms. The molecule has 2 fully saturated rings. The number of carbonyl (C=O) groups is 1. The van der Waals surface area contributed by atoms with E-state index in [2.05, 4.69) is 25.3 Å². The highest BCUT2D eigenvalue weighted by atomic mass is 35.5. The Labute approximate surface area is 218 Å². The predicted molar refractivity (Wildman–Crippen MR) is 135 cm³/mol. The van der Waals surface area contributed by atoms with Crippen LogP contribution in [0.2, 0.25) is 5.02 Å². The van der Waals surface area contributed by atoms with Crippen molar-refractivity contribution >= 4 is 40.2 Å². The molecular weight excluding hydrogens is 503 g/mol. The van der Waals surface area contributed by atoms with Crippen molar-refractivity contribution in [1.29, 1.82) is 0 Å². The summed E-state index contributed by atoms with van der Waals surface area (Å²) < 4.78 is 32.0. The second-order valence-electron chi connectivity index (χ2n) is 10.2. The van der Waals surface area contributed by atoms with E-state index in [1.165, 1.54) is 12.5 Å². The summed E-state index contributed by atoms with van der Waals surface area (Å²) >= 11 is 6.22. The molecule has 1 N–H and O–H groups in total. The van der Waals surface area contributed by atoms with Crippen molar-refractivity contribution < 1.29 is 23.4 Å². The highest BCUT2D eigenvalue weighted by Gasteiger charge is 2.31. The van der Waals surface area contributed by atoms with Crippen molar-refractivity contribution in [3.63, 3.8) is 0 Å². The molecule has 1 aliphatic carbocycles. The summed E-state index contributed by atoms with van der Waals surface area (Å²) in [5, 5.41) is 2.84. The van der Waals surface area contributed by atoms with E-state index < -0.39 is 11.4 Å². The lowest BCUT2D eigenvalue weighted by Gasteiger charge is -2.24. The third-order valence-electron chi connectivity index (χ3n) is 5.90. The van der Waals surface area contributed by atoms with Crippen LogP contribution in [0.15, 0.2) is 24.7 Å². The Balaban J connectivity index is 1.30. The van der Waals surface area contributed by atoms with Crippen LogP contribution in [0.3, 0.4) is 0 Å². The van der Waals surface area contributed by atoms with Gasteiger partial charge in [0, 0.05) is 13.0 Å². The van der Waals surface area contributed by atoms with E-state index >= 15 is 4.39 Å². The highest BCUT2D eigenvalue weighted by Crippen LogP contribution is 2.36. The monoisotopic (exact) mass is 530 g/mol. The van der Waals surface area contributed by atoms with Crippen LogP contribution in [0.5, 0.6) is 11.8 Å². The van der Waals surface area contributed by atoms with Gasteiger partial charge >= 0.3 is 12.1 Å². The molecule has 2 aliphatic rings. The molecule has 2 aromatic heterocycles. The Bertz CT molecular complexity index is 1320. The minimum absolute atomic E-state index is 0.0987. The number of hydrogen-bond donors (Lipinski definition) is 1. The van der Waals surface area contributed by atoms with Gasteiger partial charge in [-0.2, -0.15) is 4.98 Å². The minimum atomic E-state index is -0.652. The molecule has 196 valence electrons. The van der Waals surface area contributed by atoms with Crippen molar-refractivity contribution in [2.75, 3.05) is 25.0 Å². The lowest BCUT2D eigenvalue weighted by Crippen LogP contribution is -2.36. The van der Waals surface area contributed by atoms with Crippen LogP contribution in [0.25, 0.3) is 11.0 Å². The van der Waals surface area contributed by atoms with Crippen molar-refractivity contribution in [3.05, 3.63) is 35.5 Å². The molecule has 37 heavy (non-hydrogen) atoms. The van der Waals surface area contributed by atoms with Crippen LogP contribution in [0, 0.1) is 11.7 Å². The van der Waals surface area contributed by atoms with Gasteiger partial charge < -0.3 is 24.4 Å². The average molecular weight is 531 g/mol. The number of benzene rings is 1. The summed E-state index contributed by atoms with van der Waals surface area (Å²) in [6.45, 7) is 6.85. The van der Waals surface area contributed by atoms with Crippen LogP contribution in [0.1, 0.15) is 40.0 Å². The van der Waals surface area contributed by atoms with Gasteiger partial charge in [-0.3, -0.25) is 0 Å². The zero-order valence-electron chi connectivity index (χ0n) is 20.8. The van der Waals surface area contributed by atoms with Gasteiger partial charge in [0.15, 0.2) is 11.6 Å². The molecule has 1 saturated heterocycles. The van der Waals surface area contributed by atoms with Gasteiger partial charge in [0.05, 0.1) is 25.0 Å². The molecular formula is C25H28ClFN6O4. The number of fused-ring (bicyclic) bond motifs is 1. The first kappa shape index (κ1) is 25.2. The third kappa shape index (κ3) is 6.10. The zero-order valence-corrected chi connectivity index (χ0v) is 21.6. The van der Waals surface area contributed by atoms with E-state index in [4.69, 9.17) is 25.8 Å². The maximum absolute atomic E-state index is 15.0. The van der Waals surface area contributed by atoms with Crippen molar-refractivity contribution in [2.24, 2.45) is 5.92 Å². The molecule has 1 atom stereocenters. The summed E-state index contributed by atoms with van der Waals surface area (Å²) in [5.74, 6) is 0.435. The van der Waals surface area contributed by atoms with Crippen LogP contribution < -0.4 is 14.8 Å². The number of likely N-dealkylation sites (tertiary alicyclic amines) is 1. The number of aromatic nitrogens is 4. The Kier molecular flexibility index (Phi) is 6.89. The lowest BCUT2D eigenvalue weighted by molar-refractivity contribution is 0.0274. The fourth-order valence-corrected chi connectivity index (χ4v) is 4.03. The molecule has 1 aromatic carbocycles. The SMILES string of the molecule is CC(C)(C)OC(=O)N1CC[C@H](Oc2ncc3ncnc(Nc4ccc(OCC5CC5)c(Cl)c4F)c3n2)C1. The van der Waals surface area contributed by atoms with E-state index in [0.717, 1.165) is 12.8 Å². The van der Waals surface area contributed by atoms with Gasteiger partial charge in [0.1, 0.15) is 39.8 Å². The molecule has 0 spiro atoms. The smallest absolute Gasteiger partial charge is 0.410 e. The van der Waals surface area contributed by atoms with E-state index in [0.29, 0.717) is 48.8 Å². The lowest BCUT2D eigenvalue weighted by atomic mass is 10.2. The Hall–Kier alpha value is -3.47. The number of nitrogens with zero attached hydrogens (tertiary/aromatic N) is 5. The Morgan fingerprint density at radius 2 is 2.03 bits per heavy atom. The number of anilines is 2. The number of halogens is 2. The van der Waals surface area contributed by atoms with Crippen LogP contribution in [-0.4, -0.2) is 62.3 Å². The van der Waals surface area contributed by atoms with E-state index in [-0.39, 0.29) is 34.7 Å². The molecule has 12 heteroatoms. The van der Waals surface area contributed by atoms with E-state index in [1.807, 2.05) is 20.8 Å². The fourth-order valence-electron chi connectivity index (χ4n) is 3.81. The van der Waals surface area contributed by atoms with E-state index in [9.17, 15) is 4.79 Å². The zero-order chi connectivity index (χ0) is 26.2. The van der Waals surface area contributed by atoms with Crippen molar-refractivity contribution in [1.82, 2.24) is 24.8 Å². The predicted octanol–water partition coefficient (Wildman–Crippen LogP) is 5.13. The normalized spacial score (nSPS) is 17.6. The first-order valence-electron chi connectivity index (χ1n) is 12.2.